The van der Waals surface area contributed by atoms with E-state index in [4.69, 9.17) is 0 Å². The van der Waals surface area contributed by atoms with Crippen molar-refractivity contribution in [2.75, 3.05) is 6.54 Å². The zero-order valence-corrected chi connectivity index (χ0v) is 15.6. The lowest BCUT2D eigenvalue weighted by Crippen LogP contribution is -2.31. The van der Waals surface area contributed by atoms with E-state index in [2.05, 4.69) is 4.98 Å². The number of aromatic hydroxyl groups is 1. The van der Waals surface area contributed by atoms with Gasteiger partial charge in [0.15, 0.2) is 5.76 Å². The Bertz CT molecular complexity index is 916. The average Bonchev–Trinajstić information content (AvgIpc) is 3.05. The van der Waals surface area contributed by atoms with Crippen LogP contribution in [0.2, 0.25) is 0 Å². The molecule has 1 unspecified atom stereocenters. The highest BCUT2D eigenvalue weighted by molar-refractivity contribution is 7.14. The molecule has 2 N–H and O–H groups in total. The van der Waals surface area contributed by atoms with Gasteiger partial charge in [-0.2, -0.15) is 0 Å². The van der Waals surface area contributed by atoms with Gasteiger partial charge in [0, 0.05) is 6.54 Å². The second-order valence-electron chi connectivity index (χ2n) is 6.23. The first-order chi connectivity index (χ1) is 12.3. The molecule has 1 aliphatic rings. The van der Waals surface area contributed by atoms with Crippen LogP contribution in [0.4, 0.5) is 0 Å². The second kappa shape index (κ2) is 6.92. The summed E-state index contributed by atoms with van der Waals surface area (Å²) in [5.74, 6) is -1.45. The predicted octanol–water partition coefficient (Wildman–Crippen LogP) is 3.45. The molecule has 0 spiro atoms. The van der Waals surface area contributed by atoms with Crippen molar-refractivity contribution in [3.05, 3.63) is 56.7 Å². The van der Waals surface area contributed by atoms with Crippen molar-refractivity contribution in [2.24, 2.45) is 0 Å². The van der Waals surface area contributed by atoms with Crippen molar-refractivity contribution in [1.82, 2.24) is 9.88 Å². The maximum Gasteiger partial charge on any atom is 0.290 e. The number of aliphatic hydroxyl groups excluding tert-OH is 1. The lowest BCUT2D eigenvalue weighted by molar-refractivity contribution is -0.129. The van der Waals surface area contributed by atoms with E-state index >= 15 is 0 Å². The zero-order chi connectivity index (χ0) is 19.0. The van der Waals surface area contributed by atoms with Gasteiger partial charge in [-0.25, -0.2) is 4.98 Å². The summed E-state index contributed by atoms with van der Waals surface area (Å²) in [4.78, 5) is 31.9. The van der Waals surface area contributed by atoms with E-state index in [9.17, 15) is 19.8 Å². The third-order valence-electron chi connectivity index (χ3n) is 4.31. The third-order valence-corrected chi connectivity index (χ3v) is 5.38. The molecule has 0 aliphatic carbocycles. The predicted molar refractivity (Wildman–Crippen MR) is 98.4 cm³/mol. The lowest BCUT2D eigenvalue weighted by atomic mass is 9.95. The topological polar surface area (TPSA) is 90.7 Å². The summed E-state index contributed by atoms with van der Waals surface area (Å²) < 4.78 is 0. The molecular weight excluding hydrogens is 352 g/mol. The third kappa shape index (κ3) is 2.99. The standard InChI is InChI=1S/C19H20N2O4S/c1-4-8-21-15(12-6-5-7-13(22)9-12)14(17(24)19(21)25)16(23)18-10(2)20-11(3)26-18/h5-7,9,15,22,24H,4,8H2,1-3H3. The van der Waals surface area contributed by atoms with Crippen molar-refractivity contribution in [1.29, 1.82) is 0 Å². The number of nitrogens with zero attached hydrogens (tertiary/aromatic N) is 2. The van der Waals surface area contributed by atoms with E-state index in [0.717, 1.165) is 5.01 Å². The Kier molecular flexibility index (Phi) is 4.82. The van der Waals surface area contributed by atoms with Gasteiger partial charge in [0.2, 0.25) is 5.78 Å². The van der Waals surface area contributed by atoms with Crippen LogP contribution in [0.3, 0.4) is 0 Å². The molecule has 2 aromatic rings. The van der Waals surface area contributed by atoms with Gasteiger partial charge in [-0.1, -0.05) is 19.1 Å². The highest BCUT2D eigenvalue weighted by Gasteiger charge is 2.44. The molecule has 0 radical (unpaired) electrons. The van der Waals surface area contributed by atoms with Crippen LogP contribution in [0.1, 0.15) is 45.3 Å². The summed E-state index contributed by atoms with van der Waals surface area (Å²) in [6.07, 6.45) is 0.675. The fraction of sp³-hybridized carbons (Fsp3) is 0.316. The molecule has 0 saturated heterocycles. The van der Waals surface area contributed by atoms with Crippen LogP contribution in [0.5, 0.6) is 5.75 Å². The Morgan fingerprint density at radius 1 is 1.31 bits per heavy atom. The van der Waals surface area contributed by atoms with E-state index in [-0.39, 0.29) is 11.3 Å². The van der Waals surface area contributed by atoms with Gasteiger partial charge in [0.1, 0.15) is 5.75 Å². The van der Waals surface area contributed by atoms with Crippen molar-refractivity contribution < 1.29 is 19.8 Å². The number of phenolic OH excluding ortho intramolecular Hbond substituents is 1. The summed E-state index contributed by atoms with van der Waals surface area (Å²) in [7, 11) is 0. The number of carbonyl (C=O) groups excluding carboxylic acids is 2. The number of hydrogen-bond donors (Lipinski definition) is 2. The Morgan fingerprint density at radius 3 is 2.62 bits per heavy atom. The number of aromatic nitrogens is 1. The Hall–Kier alpha value is -2.67. The molecule has 26 heavy (non-hydrogen) atoms. The molecular formula is C19H20N2O4S. The summed E-state index contributed by atoms with van der Waals surface area (Å²) in [6.45, 7) is 5.85. The highest BCUT2D eigenvalue weighted by atomic mass is 32.1. The summed E-state index contributed by atoms with van der Waals surface area (Å²) >= 11 is 1.24. The Labute approximate surface area is 155 Å². The van der Waals surface area contributed by atoms with E-state index in [1.54, 1.807) is 26.0 Å². The molecule has 2 heterocycles. The van der Waals surface area contributed by atoms with Gasteiger partial charge in [0.25, 0.3) is 5.91 Å². The molecule has 7 heteroatoms. The number of thiazole rings is 1. The Morgan fingerprint density at radius 2 is 2.04 bits per heavy atom. The molecule has 3 rings (SSSR count). The molecule has 6 nitrogen and oxygen atoms in total. The van der Waals surface area contributed by atoms with Crippen LogP contribution >= 0.6 is 11.3 Å². The van der Waals surface area contributed by atoms with Crippen LogP contribution < -0.4 is 0 Å². The second-order valence-corrected chi connectivity index (χ2v) is 7.44. The number of ketones is 1. The molecule has 0 saturated carbocycles. The highest BCUT2D eigenvalue weighted by Crippen LogP contribution is 2.40. The largest absolute Gasteiger partial charge is 0.508 e. The minimum atomic E-state index is -0.733. The van der Waals surface area contributed by atoms with E-state index in [0.29, 0.717) is 29.1 Å². The molecule has 1 aromatic heterocycles. The number of phenols is 1. The minimum Gasteiger partial charge on any atom is -0.508 e. The number of aryl methyl sites for hydroxylation is 2. The number of amides is 1. The van der Waals surface area contributed by atoms with Crippen molar-refractivity contribution >= 4 is 23.0 Å². The van der Waals surface area contributed by atoms with Crippen LogP contribution in [0, 0.1) is 13.8 Å². The normalized spacial score (nSPS) is 17.3. The number of hydrogen-bond acceptors (Lipinski definition) is 6. The fourth-order valence-corrected chi connectivity index (χ4v) is 4.14. The first kappa shape index (κ1) is 18.1. The number of benzene rings is 1. The molecule has 0 fully saturated rings. The maximum absolute atomic E-state index is 13.2. The zero-order valence-electron chi connectivity index (χ0n) is 14.8. The molecule has 136 valence electrons. The van der Waals surface area contributed by atoms with Crippen molar-refractivity contribution in [2.45, 2.75) is 33.2 Å². The van der Waals surface area contributed by atoms with Crippen molar-refractivity contribution in [3.63, 3.8) is 0 Å². The number of rotatable bonds is 5. The quantitative estimate of drug-likeness (QED) is 0.785. The van der Waals surface area contributed by atoms with Gasteiger partial charge in [-0.3, -0.25) is 9.59 Å². The molecule has 1 aliphatic heterocycles. The van der Waals surface area contributed by atoms with E-state index in [1.807, 2.05) is 6.92 Å². The molecule has 1 atom stereocenters. The smallest absolute Gasteiger partial charge is 0.290 e. The van der Waals surface area contributed by atoms with E-state index < -0.39 is 23.5 Å². The monoisotopic (exact) mass is 372 g/mol. The van der Waals surface area contributed by atoms with Crippen LogP contribution in [0.15, 0.2) is 35.6 Å². The Balaban J connectivity index is 2.14. The van der Waals surface area contributed by atoms with Crippen molar-refractivity contribution in [3.8, 4) is 5.75 Å². The summed E-state index contributed by atoms with van der Waals surface area (Å²) in [5, 5.41) is 21.1. The lowest BCUT2D eigenvalue weighted by Gasteiger charge is -2.26. The maximum atomic E-state index is 13.2. The summed E-state index contributed by atoms with van der Waals surface area (Å²) in [5.41, 5.74) is 1.20. The first-order valence-electron chi connectivity index (χ1n) is 8.36. The van der Waals surface area contributed by atoms with Gasteiger partial charge >= 0.3 is 0 Å². The van der Waals surface area contributed by atoms with Crippen LogP contribution in [0.25, 0.3) is 0 Å². The van der Waals surface area contributed by atoms with Crippen LogP contribution in [-0.4, -0.2) is 38.3 Å². The van der Waals surface area contributed by atoms with Gasteiger partial charge in [-0.15, -0.1) is 11.3 Å². The molecule has 0 bridgehead atoms. The number of carbonyl (C=O) groups is 2. The number of Topliss-reactive ketones (excluding diaryl/α,β-unsaturated/α-hetero) is 1. The van der Waals surface area contributed by atoms with Crippen LogP contribution in [-0.2, 0) is 4.79 Å². The average molecular weight is 372 g/mol. The first-order valence-corrected chi connectivity index (χ1v) is 9.18. The van der Waals surface area contributed by atoms with Gasteiger partial charge < -0.3 is 15.1 Å². The number of aliphatic hydroxyl groups is 1. The summed E-state index contributed by atoms with van der Waals surface area (Å²) in [6, 6.07) is 5.68. The minimum absolute atomic E-state index is 0.0365. The van der Waals surface area contributed by atoms with Gasteiger partial charge in [0.05, 0.1) is 27.2 Å². The SMILES string of the molecule is CCCN1C(=O)C(O)=C(C(=O)c2sc(C)nc2C)C1c1cccc(O)c1. The fourth-order valence-electron chi connectivity index (χ4n) is 3.26. The molecule has 1 aromatic carbocycles. The van der Waals surface area contributed by atoms with Gasteiger partial charge in [-0.05, 0) is 38.0 Å². The van der Waals surface area contributed by atoms with E-state index in [1.165, 1.54) is 28.4 Å². The molecule has 1 amide bonds.